The summed E-state index contributed by atoms with van der Waals surface area (Å²) < 4.78 is 31.5. The Bertz CT molecular complexity index is 800. The first-order valence-corrected chi connectivity index (χ1v) is 11.4. The average molecular weight is 409 g/mol. The second-order valence-corrected chi connectivity index (χ2v) is 9.59. The largest absolute Gasteiger partial charge is 0.452 e. The number of hydrogen-bond acceptors (Lipinski definition) is 5. The van der Waals surface area contributed by atoms with E-state index in [4.69, 9.17) is 4.74 Å². The first kappa shape index (κ1) is 20.8. The van der Waals surface area contributed by atoms with Crippen LogP contribution in [0.25, 0.3) is 0 Å². The highest BCUT2D eigenvalue weighted by atomic mass is 32.2. The van der Waals surface area contributed by atoms with Crippen LogP contribution in [0.3, 0.4) is 0 Å². The monoisotopic (exact) mass is 408 g/mol. The first-order chi connectivity index (χ1) is 13.4. The van der Waals surface area contributed by atoms with Crippen molar-refractivity contribution in [2.45, 2.75) is 56.4 Å². The van der Waals surface area contributed by atoms with Crippen LogP contribution in [0.15, 0.2) is 29.2 Å². The van der Waals surface area contributed by atoms with Gasteiger partial charge in [-0.1, -0.05) is 19.8 Å². The van der Waals surface area contributed by atoms with Crippen molar-refractivity contribution in [1.29, 1.82) is 0 Å². The van der Waals surface area contributed by atoms with E-state index >= 15 is 0 Å². The van der Waals surface area contributed by atoms with Gasteiger partial charge in [0.25, 0.3) is 5.91 Å². The van der Waals surface area contributed by atoms with Gasteiger partial charge in [-0.3, -0.25) is 4.79 Å². The van der Waals surface area contributed by atoms with E-state index in [1.807, 2.05) is 0 Å². The van der Waals surface area contributed by atoms with Crippen molar-refractivity contribution in [3.63, 3.8) is 0 Å². The number of sulfonamides is 1. The van der Waals surface area contributed by atoms with Gasteiger partial charge in [-0.25, -0.2) is 13.2 Å². The number of carbonyl (C=O) groups excluding carboxylic acids is 2. The summed E-state index contributed by atoms with van der Waals surface area (Å²) >= 11 is 0. The van der Waals surface area contributed by atoms with E-state index in [1.54, 1.807) is 0 Å². The standard InChI is InChI=1S/C20H28N2O5S/c1-15-6-2-3-7-18(15)21-19(23)14-27-20(24)16-8-10-17(11-9-16)28(25,26)22-12-4-5-13-22/h8-11,15,18H,2-7,12-14H2,1H3,(H,21,23)/t15-,18-/m0/s1. The SMILES string of the molecule is C[C@H]1CCCC[C@@H]1NC(=O)COC(=O)c1ccc(S(=O)(=O)N2CCCC2)cc1. The molecule has 1 saturated carbocycles. The number of rotatable bonds is 6. The van der Waals surface area contributed by atoms with Gasteiger partial charge in [0.05, 0.1) is 10.5 Å². The molecule has 0 unspecified atom stereocenters. The van der Waals surface area contributed by atoms with Crippen LogP contribution in [0.2, 0.25) is 0 Å². The number of amides is 1. The molecule has 1 aromatic carbocycles. The van der Waals surface area contributed by atoms with E-state index in [1.165, 1.54) is 35.0 Å². The predicted octanol–water partition coefficient (Wildman–Crippen LogP) is 2.32. The minimum atomic E-state index is -3.51. The van der Waals surface area contributed by atoms with Gasteiger partial charge in [-0.2, -0.15) is 4.31 Å². The lowest BCUT2D eigenvalue weighted by Gasteiger charge is -2.29. The molecule has 2 atom stereocenters. The van der Waals surface area contributed by atoms with Crippen LogP contribution >= 0.6 is 0 Å². The zero-order valence-corrected chi connectivity index (χ0v) is 17.0. The summed E-state index contributed by atoms with van der Waals surface area (Å²) in [5.41, 5.74) is 0.221. The summed E-state index contributed by atoms with van der Waals surface area (Å²) in [6, 6.07) is 5.80. The van der Waals surface area contributed by atoms with Crippen LogP contribution in [0.5, 0.6) is 0 Å². The molecule has 1 N–H and O–H groups in total. The number of hydrogen-bond donors (Lipinski definition) is 1. The molecule has 0 aromatic heterocycles. The van der Waals surface area contributed by atoms with Crippen molar-refractivity contribution in [3.8, 4) is 0 Å². The molecular formula is C20H28N2O5S. The first-order valence-electron chi connectivity index (χ1n) is 9.94. The molecule has 0 radical (unpaired) electrons. The Balaban J connectivity index is 1.52. The third kappa shape index (κ3) is 4.91. The van der Waals surface area contributed by atoms with Gasteiger partial charge in [-0.15, -0.1) is 0 Å². The lowest BCUT2D eigenvalue weighted by Crippen LogP contribution is -2.42. The van der Waals surface area contributed by atoms with Crippen LogP contribution in [-0.2, 0) is 19.6 Å². The maximum Gasteiger partial charge on any atom is 0.338 e. The predicted molar refractivity (Wildman–Crippen MR) is 104 cm³/mol. The van der Waals surface area contributed by atoms with Crippen LogP contribution in [0.1, 0.15) is 55.8 Å². The van der Waals surface area contributed by atoms with Crippen LogP contribution in [0, 0.1) is 5.92 Å². The number of nitrogens with zero attached hydrogens (tertiary/aromatic N) is 1. The van der Waals surface area contributed by atoms with Crippen LogP contribution in [-0.4, -0.2) is 50.3 Å². The van der Waals surface area contributed by atoms with Crippen molar-refractivity contribution in [1.82, 2.24) is 9.62 Å². The fourth-order valence-electron chi connectivity index (χ4n) is 3.83. The number of nitrogens with one attached hydrogen (secondary N) is 1. The van der Waals surface area contributed by atoms with Gasteiger partial charge in [0.1, 0.15) is 0 Å². The molecule has 7 nitrogen and oxygen atoms in total. The quantitative estimate of drug-likeness (QED) is 0.729. The summed E-state index contributed by atoms with van der Waals surface area (Å²) in [4.78, 5) is 24.4. The highest BCUT2D eigenvalue weighted by Crippen LogP contribution is 2.24. The highest BCUT2D eigenvalue weighted by Gasteiger charge is 2.27. The van der Waals surface area contributed by atoms with Gasteiger partial charge < -0.3 is 10.1 Å². The molecule has 3 rings (SSSR count). The molecule has 1 aliphatic carbocycles. The Morgan fingerprint density at radius 3 is 2.36 bits per heavy atom. The molecular weight excluding hydrogens is 380 g/mol. The Morgan fingerprint density at radius 2 is 1.71 bits per heavy atom. The molecule has 154 valence electrons. The summed E-state index contributed by atoms with van der Waals surface area (Å²) in [6.07, 6.45) is 6.07. The zero-order chi connectivity index (χ0) is 20.1. The molecule has 1 aromatic rings. The Kier molecular flexibility index (Phi) is 6.72. The topological polar surface area (TPSA) is 92.8 Å². The lowest BCUT2D eigenvalue weighted by atomic mass is 9.86. The van der Waals surface area contributed by atoms with Crippen molar-refractivity contribution >= 4 is 21.9 Å². The smallest absolute Gasteiger partial charge is 0.338 e. The molecule has 8 heteroatoms. The second kappa shape index (κ2) is 9.05. The molecule has 0 spiro atoms. The third-order valence-corrected chi connectivity index (χ3v) is 7.50. The van der Waals surface area contributed by atoms with Crippen molar-refractivity contribution in [2.75, 3.05) is 19.7 Å². The van der Waals surface area contributed by atoms with Gasteiger partial charge in [-0.05, 0) is 55.9 Å². The summed E-state index contributed by atoms with van der Waals surface area (Å²) in [5, 5.41) is 2.93. The van der Waals surface area contributed by atoms with E-state index in [0.717, 1.165) is 32.1 Å². The zero-order valence-electron chi connectivity index (χ0n) is 16.2. The van der Waals surface area contributed by atoms with E-state index in [0.29, 0.717) is 19.0 Å². The highest BCUT2D eigenvalue weighted by molar-refractivity contribution is 7.89. The molecule has 0 bridgehead atoms. The van der Waals surface area contributed by atoms with E-state index in [2.05, 4.69) is 12.2 Å². The molecule has 1 amide bonds. The van der Waals surface area contributed by atoms with Crippen LogP contribution < -0.4 is 5.32 Å². The molecule has 1 heterocycles. The number of carbonyl (C=O) groups is 2. The summed E-state index contributed by atoms with van der Waals surface area (Å²) in [7, 11) is -3.51. The molecule has 28 heavy (non-hydrogen) atoms. The van der Waals surface area contributed by atoms with Gasteiger partial charge in [0.2, 0.25) is 10.0 Å². The fraction of sp³-hybridized carbons (Fsp3) is 0.600. The normalized spacial score (nSPS) is 23.3. The summed E-state index contributed by atoms with van der Waals surface area (Å²) in [6.45, 7) is 2.84. The van der Waals surface area contributed by atoms with Crippen LogP contribution in [0.4, 0.5) is 0 Å². The Hall–Kier alpha value is -1.93. The minimum absolute atomic E-state index is 0.134. The molecule has 1 aliphatic heterocycles. The minimum Gasteiger partial charge on any atom is -0.452 e. The van der Waals surface area contributed by atoms with Gasteiger partial charge in [0, 0.05) is 19.1 Å². The lowest BCUT2D eigenvalue weighted by molar-refractivity contribution is -0.125. The van der Waals surface area contributed by atoms with Gasteiger partial charge in [0.15, 0.2) is 6.61 Å². The Morgan fingerprint density at radius 1 is 1.07 bits per heavy atom. The van der Waals surface area contributed by atoms with E-state index in [-0.39, 0.29) is 29.0 Å². The Labute approximate surface area is 166 Å². The third-order valence-electron chi connectivity index (χ3n) is 5.59. The molecule has 2 aliphatic rings. The number of ether oxygens (including phenoxy) is 1. The maximum absolute atomic E-state index is 12.5. The second-order valence-electron chi connectivity index (χ2n) is 7.65. The maximum atomic E-state index is 12.5. The average Bonchev–Trinajstić information content (AvgIpc) is 3.24. The van der Waals surface area contributed by atoms with Crippen molar-refractivity contribution in [2.24, 2.45) is 5.92 Å². The summed E-state index contributed by atoms with van der Waals surface area (Å²) in [5.74, 6) is -0.518. The number of benzene rings is 1. The fourth-order valence-corrected chi connectivity index (χ4v) is 5.35. The number of esters is 1. The van der Waals surface area contributed by atoms with E-state index < -0.39 is 16.0 Å². The van der Waals surface area contributed by atoms with Gasteiger partial charge >= 0.3 is 5.97 Å². The van der Waals surface area contributed by atoms with Crippen molar-refractivity contribution in [3.05, 3.63) is 29.8 Å². The van der Waals surface area contributed by atoms with Crippen molar-refractivity contribution < 1.29 is 22.7 Å². The van der Waals surface area contributed by atoms with E-state index in [9.17, 15) is 18.0 Å². The molecule has 2 fully saturated rings. The molecule has 1 saturated heterocycles.